The van der Waals surface area contributed by atoms with E-state index in [1.165, 1.54) is 5.56 Å². The highest BCUT2D eigenvalue weighted by atomic mass is 16.5. The van der Waals surface area contributed by atoms with Crippen LogP contribution in [0.5, 0.6) is 17.2 Å². The summed E-state index contributed by atoms with van der Waals surface area (Å²) in [5.74, 6) is 2.38. The van der Waals surface area contributed by atoms with Crippen molar-refractivity contribution < 1.29 is 19.1 Å². The molecule has 0 saturated heterocycles. The molecule has 0 fully saturated rings. The molecule has 0 aliphatic carbocycles. The SMILES string of the molecule is CC(=O)N1CCc2cc3ccc2C1c1cccc(c1)OCCCNC(=O)CCc1ccc(cc1)O3. The Balaban J connectivity index is 1.50. The van der Waals surface area contributed by atoms with Crippen LogP contribution in [-0.4, -0.2) is 36.4 Å². The molecule has 35 heavy (non-hydrogen) atoms. The van der Waals surface area contributed by atoms with Gasteiger partial charge in [-0.15, -0.1) is 0 Å². The maximum absolute atomic E-state index is 12.6. The van der Waals surface area contributed by atoms with Crippen LogP contribution in [0.15, 0.2) is 66.7 Å². The lowest BCUT2D eigenvalue weighted by molar-refractivity contribution is -0.130. The van der Waals surface area contributed by atoms with E-state index < -0.39 is 0 Å². The van der Waals surface area contributed by atoms with Crippen molar-refractivity contribution in [3.05, 3.63) is 89.0 Å². The Morgan fingerprint density at radius 3 is 2.60 bits per heavy atom. The summed E-state index contributed by atoms with van der Waals surface area (Å²) in [5, 5.41) is 2.97. The van der Waals surface area contributed by atoms with Crippen LogP contribution in [0.25, 0.3) is 0 Å². The van der Waals surface area contributed by atoms with Crippen molar-refractivity contribution in [2.24, 2.45) is 0 Å². The average molecular weight is 471 g/mol. The Kier molecular flexibility index (Phi) is 6.70. The van der Waals surface area contributed by atoms with E-state index in [0.717, 1.165) is 46.8 Å². The van der Waals surface area contributed by atoms with Gasteiger partial charge in [0.05, 0.1) is 12.6 Å². The van der Waals surface area contributed by atoms with Crippen molar-refractivity contribution in [2.75, 3.05) is 19.7 Å². The molecular weight excluding hydrogens is 440 g/mol. The second-order valence-corrected chi connectivity index (χ2v) is 9.10. The fourth-order valence-electron chi connectivity index (χ4n) is 4.84. The van der Waals surface area contributed by atoms with Crippen molar-refractivity contribution in [1.29, 1.82) is 0 Å². The van der Waals surface area contributed by atoms with Crippen LogP contribution in [0.3, 0.4) is 0 Å². The summed E-state index contributed by atoms with van der Waals surface area (Å²) in [4.78, 5) is 26.7. The molecule has 180 valence electrons. The Morgan fingerprint density at radius 1 is 0.943 bits per heavy atom. The predicted octanol–water partition coefficient (Wildman–Crippen LogP) is 4.80. The van der Waals surface area contributed by atoms with Gasteiger partial charge in [0, 0.05) is 26.4 Å². The number of aryl methyl sites for hydroxylation is 1. The van der Waals surface area contributed by atoms with Crippen LogP contribution in [0.2, 0.25) is 0 Å². The highest BCUT2D eigenvalue weighted by Gasteiger charge is 2.31. The number of carbonyl (C=O) groups excluding carboxylic acids is 2. The van der Waals surface area contributed by atoms with E-state index in [1.807, 2.05) is 59.5 Å². The normalized spacial score (nSPS) is 18.1. The van der Waals surface area contributed by atoms with Gasteiger partial charge in [-0.25, -0.2) is 0 Å². The molecule has 0 radical (unpaired) electrons. The molecule has 0 aromatic heterocycles. The first-order valence-electron chi connectivity index (χ1n) is 12.2. The number of carbonyl (C=O) groups is 2. The summed E-state index contributed by atoms with van der Waals surface area (Å²) < 4.78 is 12.1. The average Bonchev–Trinajstić information content (AvgIpc) is 2.87. The molecule has 5 heterocycles. The van der Waals surface area contributed by atoms with Gasteiger partial charge in [-0.1, -0.05) is 30.3 Å². The molecule has 1 unspecified atom stereocenters. The molecule has 2 amide bonds. The molecule has 8 rings (SSSR count). The van der Waals surface area contributed by atoms with Crippen molar-refractivity contribution in [2.45, 2.75) is 38.6 Å². The zero-order chi connectivity index (χ0) is 24.2. The maximum Gasteiger partial charge on any atom is 0.220 e. The van der Waals surface area contributed by atoms with Crippen LogP contribution in [0, 0.1) is 0 Å². The van der Waals surface area contributed by atoms with Gasteiger partial charge in [0.25, 0.3) is 0 Å². The summed E-state index contributed by atoms with van der Waals surface area (Å²) in [7, 11) is 0. The molecule has 5 aliphatic heterocycles. The van der Waals surface area contributed by atoms with E-state index in [2.05, 4.69) is 17.4 Å². The van der Waals surface area contributed by atoms with E-state index in [4.69, 9.17) is 9.47 Å². The Bertz CT molecular complexity index is 1220. The minimum atomic E-state index is -0.179. The predicted molar refractivity (Wildman–Crippen MR) is 134 cm³/mol. The first kappa shape index (κ1) is 23.0. The molecular formula is C29H30N2O4. The summed E-state index contributed by atoms with van der Waals surface area (Å²) in [6.45, 7) is 3.35. The van der Waals surface area contributed by atoms with E-state index in [0.29, 0.717) is 32.5 Å². The number of nitrogens with zero attached hydrogens (tertiary/aromatic N) is 1. The lowest BCUT2D eigenvalue weighted by atomic mass is 9.88. The fraction of sp³-hybridized carbons (Fsp3) is 0.310. The quantitative estimate of drug-likeness (QED) is 0.512. The van der Waals surface area contributed by atoms with E-state index in [1.54, 1.807) is 6.92 Å². The second kappa shape index (κ2) is 10.2. The third-order valence-electron chi connectivity index (χ3n) is 6.63. The number of hydrogen-bond donors (Lipinski definition) is 1. The molecule has 8 bridgehead atoms. The summed E-state index contributed by atoms with van der Waals surface area (Å²) in [5.41, 5.74) is 4.41. The standard InChI is InChI=1S/C29H30N2O4/c1-20(32)31-16-14-22-18-26-11-12-27(22)29(31)23-4-2-5-25(19-23)34-17-3-15-30-28(33)13-8-21-6-9-24(35-26)10-7-21/h2,4-7,9-12,18-19,29H,3,8,13-17H2,1H3,(H,30,33). The number of benzene rings is 3. The number of hydrogen-bond acceptors (Lipinski definition) is 4. The van der Waals surface area contributed by atoms with Crippen molar-refractivity contribution in [3.63, 3.8) is 0 Å². The smallest absolute Gasteiger partial charge is 0.220 e. The lowest BCUT2D eigenvalue weighted by Crippen LogP contribution is -2.39. The zero-order valence-corrected chi connectivity index (χ0v) is 20.0. The van der Waals surface area contributed by atoms with Gasteiger partial charge in [0.1, 0.15) is 17.2 Å². The molecule has 0 spiro atoms. The summed E-state index contributed by atoms with van der Waals surface area (Å²) >= 11 is 0. The first-order valence-corrected chi connectivity index (χ1v) is 12.2. The molecule has 3 aromatic carbocycles. The molecule has 6 nitrogen and oxygen atoms in total. The van der Waals surface area contributed by atoms with Crippen LogP contribution in [0.1, 0.15) is 48.1 Å². The van der Waals surface area contributed by atoms with Gasteiger partial charge in [-0.2, -0.15) is 0 Å². The Hall–Kier alpha value is -3.80. The molecule has 1 atom stereocenters. The summed E-state index contributed by atoms with van der Waals surface area (Å²) in [6.07, 6.45) is 2.62. The molecule has 5 aliphatic rings. The topological polar surface area (TPSA) is 67.9 Å². The highest BCUT2D eigenvalue weighted by Crippen LogP contribution is 2.38. The van der Waals surface area contributed by atoms with Gasteiger partial charge in [0.15, 0.2) is 0 Å². The van der Waals surface area contributed by atoms with Crippen molar-refractivity contribution in [1.82, 2.24) is 10.2 Å². The van der Waals surface area contributed by atoms with Crippen LogP contribution in [0.4, 0.5) is 0 Å². The van der Waals surface area contributed by atoms with Gasteiger partial charge in [0.2, 0.25) is 11.8 Å². The Labute approximate surface area is 205 Å². The largest absolute Gasteiger partial charge is 0.494 e. The maximum atomic E-state index is 12.6. The molecule has 6 heteroatoms. The number of ether oxygens (including phenoxy) is 2. The molecule has 3 aromatic rings. The summed E-state index contributed by atoms with van der Waals surface area (Å²) in [6, 6.07) is 21.8. The minimum absolute atomic E-state index is 0.0381. The molecule has 0 saturated carbocycles. The third kappa shape index (κ3) is 5.32. The van der Waals surface area contributed by atoms with E-state index >= 15 is 0 Å². The van der Waals surface area contributed by atoms with Gasteiger partial charge in [-0.05, 0) is 77.9 Å². The minimum Gasteiger partial charge on any atom is -0.494 e. The first-order chi connectivity index (χ1) is 17.1. The number of nitrogens with one attached hydrogen (secondary N) is 1. The monoisotopic (exact) mass is 470 g/mol. The van der Waals surface area contributed by atoms with Crippen LogP contribution < -0.4 is 14.8 Å². The van der Waals surface area contributed by atoms with Gasteiger partial charge in [-0.3, -0.25) is 9.59 Å². The van der Waals surface area contributed by atoms with Crippen LogP contribution >= 0.6 is 0 Å². The van der Waals surface area contributed by atoms with Crippen molar-refractivity contribution in [3.8, 4) is 17.2 Å². The third-order valence-corrected chi connectivity index (χ3v) is 6.63. The fourth-order valence-corrected chi connectivity index (χ4v) is 4.84. The van der Waals surface area contributed by atoms with E-state index in [-0.39, 0.29) is 17.9 Å². The second-order valence-electron chi connectivity index (χ2n) is 9.10. The zero-order valence-electron chi connectivity index (χ0n) is 20.0. The molecule has 1 N–H and O–H groups in total. The van der Waals surface area contributed by atoms with Crippen molar-refractivity contribution >= 4 is 11.8 Å². The number of amides is 2. The van der Waals surface area contributed by atoms with Gasteiger partial charge < -0.3 is 19.7 Å². The number of rotatable bonds is 0. The Morgan fingerprint density at radius 2 is 1.77 bits per heavy atom. The van der Waals surface area contributed by atoms with Gasteiger partial charge >= 0.3 is 0 Å². The van der Waals surface area contributed by atoms with E-state index in [9.17, 15) is 9.59 Å². The highest BCUT2D eigenvalue weighted by molar-refractivity contribution is 5.76. The van der Waals surface area contributed by atoms with Crippen LogP contribution in [-0.2, 0) is 22.4 Å². The lowest BCUT2D eigenvalue weighted by Gasteiger charge is -2.37.